The van der Waals surface area contributed by atoms with E-state index in [0.29, 0.717) is 6.04 Å². The summed E-state index contributed by atoms with van der Waals surface area (Å²) in [5.74, 6) is 0. The first-order valence-corrected chi connectivity index (χ1v) is 6.59. The van der Waals surface area contributed by atoms with Crippen molar-refractivity contribution in [3.8, 4) is 0 Å². The fraction of sp³-hybridized carbons (Fsp3) is 0.786. The number of carbonyl (C=O) groups is 1. The Kier molecular flexibility index (Phi) is 5.66. The van der Waals surface area contributed by atoms with Crippen molar-refractivity contribution in [1.82, 2.24) is 5.32 Å². The molecule has 0 bridgehead atoms. The van der Waals surface area contributed by atoms with Crippen LogP contribution in [0.25, 0.3) is 0 Å². The van der Waals surface area contributed by atoms with Crippen LogP contribution < -0.4 is 5.32 Å². The zero-order chi connectivity index (χ0) is 13.6. The lowest BCUT2D eigenvalue weighted by Gasteiger charge is -2.30. The van der Waals surface area contributed by atoms with Crippen molar-refractivity contribution >= 4 is 6.16 Å². The summed E-state index contributed by atoms with van der Waals surface area (Å²) in [5.41, 5.74) is 0.117. The molecule has 0 saturated carbocycles. The normalized spacial score (nSPS) is 26.9. The Labute approximate surface area is 110 Å². The van der Waals surface area contributed by atoms with Gasteiger partial charge in [0.05, 0.1) is 7.11 Å². The molecule has 4 heteroatoms. The molecular formula is C14H25NO3. The molecule has 4 nitrogen and oxygen atoms in total. The monoisotopic (exact) mass is 255 g/mol. The number of rotatable bonds is 2. The van der Waals surface area contributed by atoms with Crippen molar-refractivity contribution < 1.29 is 14.3 Å². The summed E-state index contributed by atoms with van der Waals surface area (Å²) in [4.78, 5) is 11.1. The quantitative estimate of drug-likeness (QED) is 0.608. The Morgan fingerprint density at radius 1 is 1.28 bits per heavy atom. The minimum atomic E-state index is -0.606. The van der Waals surface area contributed by atoms with Crippen LogP contribution in [-0.2, 0) is 9.47 Å². The number of hydrogen-bond acceptors (Lipinski definition) is 4. The molecule has 0 saturated heterocycles. The number of methoxy groups -OCH3 is 1. The van der Waals surface area contributed by atoms with Crippen molar-refractivity contribution in [2.24, 2.45) is 0 Å². The van der Waals surface area contributed by atoms with Gasteiger partial charge < -0.3 is 14.8 Å². The van der Waals surface area contributed by atoms with Crippen LogP contribution in [0.3, 0.4) is 0 Å². The third-order valence-electron chi connectivity index (χ3n) is 2.88. The van der Waals surface area contributed by atoms with Gasteiger partial charge in [-0.15, -0.1) is 0 Å². The van der Waals surface area contributed by atoms with Gasteiger partial charge >= 0.3 is 6.16 Å². The van der Waals surface area contributed by atoms with Gasteiger partial charge in [-0.3, -0.25) is 0 Å². The first-order chi connectivity index (χ1) is 8.40. The van der Waals surface area contributed by atoms with E-state index in [1.54, 1.807) is 0 Å². The molecule has 0 heterocycles. The third-order valence-corrected chi connectivity index (χ3v) is 2.88. The van der Waals surface area contributed by atoms with Crippen molar-refractivity contribution in [1.29, 1.82) is 0 Å². The topological polar surface area (TPSA) is 47.6 Å². The summed E-state index contributed by atoms with van der Waals surface area (Å²) in [5, 5.41) is 3.61. The van der Waals surface area contributed by atoms with E-state index in [-0.39, 0.29) is 11.6 Å². The Bertz CT molecular complexity index is 294. The number of nitrogens with one attached hydrogen (secondary N) is 1. The van der Waals surface area contributed by atoms with E-state index in [4.69, 9.17) is 4.74 Å². The highest BCUT2D eigenvalue weighted by molar-refractivity contribution is 5.60. The molecular weight excluding hydrogens is 230 g/mol. The van der Waals surface area contributed by atoms with Crippen LogP contribution >= 0.6 is 0 Å². The standard InChI is InChI=1S/C14H25NO3/c1-14(2,3)15-11-7-5-6-8-12(10-9-11)18-13(16)17-4/h6,8,11-12,15H,5,7,9-10H2,1-4H3/b8-6+. The highest BCUT2D eigenvalue weighted by atomic mass is 16.7. The predicted octanol–water partition coefficient (Wildman–Crippen LogP) is 3.02. The van der Waals surface area contributed by atoms with Gasteiger partial charge in [-0.05, 0) is 52.5 Å². The molecule has 1 N–H and O–H groups in total. The SMILES string of the molecule is COC(=O)OC1/C=C/CCC(NC(C)(C)C)CC1. The molecule has 1 aliphatic carbocycles. The van der Waals surface area contributed by atoms with E-state index in [1.807, 2.05) is 6.08 Å². The molecule has 0 aromatic rings. The minimum Gasteiger partial charge on any atom is -0.438 e. The van der Waals surface area contributed by atoms with Gasteiger partial charge in [0, 0.05) is 11.6 Å². The van der Waals surface area contributed by atoms with Gasteiger partial charge in [-0.1, -0.05) is 6.08 Å². The maximum Gasteiger partial charge on any atom is 0.508 e. The zero-order valence-corrected chi connectivity index (χ0v) is 11.9. The Hall–Kier alpha value is -1.03. The molecule has 0 spiro atoms. The van der Waals surface area contributed by atoms with Gasteiger partial charge in [0.2, 0.25) is 0 Å². The van der Waals surface area contributed by atoms with Crippen LogP contribution in [0, 0.1) is 0 Å². The van der Waals surface area contributed by atoms with E-state index in [9.17, 15) is 4.79 Å². The van der Waals surface area contributed by atoms with Crippen LogP contribution in [-0.4, -0.2) is 30.9 Å². The Morgan fingerprint density at radius 2 is 2.00 bits per heavy atom. The summed E-state index contributed by atoms with van der Waals surface area (Å²) in [6.45, 7) is 6.51. The predicted molar refractivity (Wildman–Crippen MR) is 71.6 cm³/mol. The van der Waals surface area contributed by atoms with Crippen molar-refractivity contribution in [2.75, 3.05) is 7.11 Å². The maximum atomic E-state index is 11.1. The molecule has 2 atom stereocenters. The highest BCUT2D eigenvalue weighted by Gasteiger charge is 2.20. The smallest absolute Gasteiger partial charge is 0.438 e. The fourth-order valence-corrected chi connectivity index (χ4v) is 2.18. The number of ether oxygens (including phenoxy) is 2. The first kappa shape index (κ1) is 15.0. The average molecular weight is 255 g/mol. The second-order valence-electron chi connectivity index (χ2n) is 5.78. The van der Waals surface area contributed by atoms with Gasteiger partial charge in [-0.2, -0.15) is 0 Å². The molecule has 0 aromatic carbocycles. The van der Waals surface area contributed by atoms with E-state index in [1.165, 1.54) is 7.11 Å². The minimum absolute atomic E-state index is 0.117. The summed E-state index contributed by atoms with van der Waals surface area (Å²) in [6, 6.07) is 0.471. The molecule has 2 unspecified atom stereocenters. The average Bonchev–Trinajstić information content (AvgIpc) is 2.25. The highest BCUT2D eigenvalue weighted by Crippen LogP contribution is 2.17. The molecule has 0 fully saturated rings. The summed E-state index contributed by atoms with van der Waals surface area (Å²) in [7, 11) is 1.33. The molecule has 104 valence electrons. The van der Waals surface area contributed by atoms with Crippen molar-refractivity contribution in [3.05, 3.63) is 12.2 Å². The van der Waals surface area contributed by atoms with Crippen LogP contribution in [0.1, 0.15) is 46.5 Å². The van der Waals surface area contributed by atoms with Crippen LogP contribution in [0.2, 0.25) is 0 Å². The van der Waals surface area contributed by atoms with Crippen LogP contribution in [0.4, 0.5) is 4.79 Å². The molecule has 0 amide bonds. The molecule has 0 radical (unpaired) electrons. The summed E-state index contributed by atoms with van der Waals surface area (Å²) >= 11 is 0. The Morgan fingerprint density at radius 3 is 2.61 bits per heavy atom. The molecule has 0 aromatic heterocycles. The van der Waals surface area contributed by atoms with Gasteiger partial charge in [0.15, 0.2) is 0 Å². The van der Waals surface area contributed by atoms with E-state index in [0.717, 1.165) is 25.7 Å². The first-order valence-electron chi connectivity index (χ1n) is 6.59. The summed E-state index contributed by atoms with van der Waals surface area (Å²) in [6.07, 6.45) is 7.25. The second kappa shape index (κ2) is 6.78. The molecule has 0 aliphatic heterocycles. The second-order valence-corrected chi connectivity index (χ2v) is 5.78. The fourth-order valence-electron chi connectivity index (χ4n) is 2.18. The van der Waals surface area contributed by atoms with E-state index in [2.05, 4.69) is 36.9 Å². The zero-order valence-electron chi connectivity index (χ0n) is 11.9. The number of carbonyl (C=O) groups excluding carboxylic acids is 1. The largest absolute Gasteiger partial charge is 0.508 e. The third kappa shape index (κ3) is 6.05. The van der Waals surface area contributed by atoms with E-state index >= 15 is 0 Å². The molecule has 1 rings (SSSR count). The maximum absolute atomic E-state index is 11.1. The van der Waals surface area contributed by atoms with E-state index < -0.39 is 6.16 Å². The number of allylic oxidation sites excluding steroid dienone is 1. The summed E-state index contributed by atoms with van der Waals surface area (Å²) < 4.78 is 9.70. The van der Waals surface area contributed by atoms with Gasteiger partial charge in [0.25, 0.3) is 0 Å². The Balaban J connectivity index is 2.48. The van der Waals surface area contributed by atoms with Crippen molar-refractivity contribution in [2.45, 2.75) is 64.1 Å². The van der Waals surface area contributed by atoms with Crippen LogP contribution in [0.5, 0.6) is 0 Å². The number of hydrogen-bond donors (Lipinski definition) is 1. The molecule has 18 heavy (non-hydrogen) atoms. The lowest BCUT2D eigenvalue weighted by molar-refractivity contribution is 0.0475. The van der Waals surface area contributed by atoms with Crippen LogP contribution in [0.15, 0.2) is 12.2 Å². The lowest BCUT2D eigenvalue weighted by Crippen LogP contribution is -2.44. The van der Waals surface area contributed by atoms with Crippen molar-refractivity contribution in [3.63, 3.8) is 0 Å². The van der Waals surface area contributed by atoms with Gasteiger partial charge in [-0.25, -0.2) is 4.79 Å². The lowest BCUT2D eigenvalue weighted by atomic mass is 9.96. The van der Waals surface area contributed by atoms with Gasteiger partial charge in [0.1, 0.15) is 6.10 Å². The molecule has 1 aliphatic rings.